The number of guanidine groups is 1. The number of hydrogen-bond donors (Lipinski definition) is 2. The summed E-state index contributed by atoms with van der Waals surface area (Å²) in [7, 11) is 5.20. The zero-order chi connectivity index (χ0) is 23.6. The topological polar surface area (TPSA) is 75.2 Å². The largest absolute Gasteiger partial charge is 0.444 e. The average molecular weight is 441 g/mol. The Balaban J connectivity index is 1.85. The van der Waals surface area contributed by atoms with Gasteiger partial charge >= 0.3 is 6.09 Å². The van der Waals surface area contributed by atoms with E-state index in [0.717, 1.165) is 22.6 Å². The number of carbonyl (C=O) groups excluding carboxylic acids is 1. The van der Waals surface area contributed by atoms with Gasteiger partial charge in [-0.3, -0.25) is 4.99 Å². The number of benzene rings is 2. The maximum Gasteiger partial charge on any atom is 0.410 e. The molecule has 0 radical (unpaired) electrons. The minimum absolute atomic E-state index is 0.329. The van der Waals surface area contributed by atoms with E-state index in [1.165, 1.54) is 5.56 Å². The fourth-order valence-electron chi connectivity index (χ4n) is 3.05. The molecule has 2 rings (SSSR count). The number of rotatable bonds is 8. The highest BCUT2D eigenvalue weighted by molar-refractivity contribution is 5.79. The minimum Gasteiger partial charge on any atom is -0.444 e. The van der Waals surface area contributed by atoms with Gasteiger partial charge in [0.1, 0.15) is 5.60 Å². The standard InChI is InChI=1S/C25H36N4O3/c1-25(2,3)32-24(30)29(5)17-20-13-11-19(12-14-20)15-27-23(26-4)28-16-21-9-7-8-10-22(21)18-31-6/h7-14H,15-18H2,1-6H3,(H2,26,27,28). The first kappa shape index (κ1) is 25.2. The van der Waals surface area contributed by atoms with Crippen LogP contribution in [0.1, 0.15) is 43.0 Å². The van der Waals surface area contributed by atoms with Crippen LogP contribution in [0.25, 0.3) is 0 Å². The fourth-order valence-corrected chi connectivity index (χ4v) is 3.05. The van der Waals surface area contributed by atoms with Crippen LogP contribution in [0.15, 0.2) is 53.5 Å². The normalized spacial score (nSPS) is 11.8. The smallest absolute Gasteiger partial charge is 0.410 e. The van der Waals surface area contributed by atoms with Gasteiger partial charge in [0.25, 0.3) is 0 Å². The summed E-state index contributed by atoms with van der Waals surface area (Å²) >= 11 is 0. The molecule has 0 bridgehead atoms. The monoisotopic (exact) mass is 440 g/mol. The molecule has 0 aromatic heterocycles. The lowest BCUT2D eigenvalue weighted by Crippen LogP contribution is -2.36. The Bertz CT molecular complexity index is 889. The molecule has 2 aromatic carbocycles. The molecule has 0 spiro atoms. The van der Waals surface area contributed by atoms with Crippen LogP contribution in [0.3, 0.4) is 0 Å². The van der Waals surface area contributed by atoms with Crippen molar-refractivity contribution in [3.63, 3.8) is 0 Å². The highest BCUT2D eigenvalue weighted by atomic mass is 16.6. The van der Waals surface area contributed by atoms with Crippen molar-refractivity contribution in [2.75, 3.05) is 21.2 Å². The number of nitrogens with one attached hydrogen (secondary N) is 2. The molecular weight excluding hydrogens is 404 g/mol. The van der Waals surface area contributed by atoms with Gasteiger partial charge < -0.3 is 25.0 Å². The summed E-state index contributed by atoms with van der Waals surface area (Å²) in [5, 5.41) is 6.68. The lowest BCUT2D eigenvalue weighted by molar-refractivity contribution is 0.0285. The van der Waals surface area contributed by atoms with Crippen LogP contribution in [0.4, 0.5) is 4.79 Å². The first-order chi connectivity index (χ1) is 15.2. The molecule has 2 N–H and O–H groups in total. The van der Waals surface area contributed by atoms with Crippen molar-refractivity contribution in [1.29, 1.82) is 0 Å². The number of amides is 1. The molecule has 7 heteroatoms. The molecule has 0 atom stereocenters. The summed E-state index contributed by atoms with van der Waals surface area (Å²) in [5.41, 5.74) is 4.00. The number of carbonyl (C=O) groups is 1. The van der Waals surface area contributed by atoms with Crippen LogP contribution >= 0.6 is 0 Å². The number of methoxy groups -OCH3 is 1. The first-order valence-corrected chi connectivity index (χ1v) is 10.7. The third-order valence-corrected chi connectivity index (χ3v) is 4.70. The van der Waals surface area contributed by atoms with Gasteiger partial charge in [0.2, 0.25) is 0 Å². The molecule has 0 saturated carbocycles. The van der Waals surface area contributed by atoms with Crippen molar-refractivity contribution in [3.05, 3.63) is 70.8 Å². The van der Waals surface area contributed by atoms with Gasteiger partial charge in [0.05, 0.1) is 6.61 Å². The third-order valence-electron chi connectivity index (χ3n) is 4.70. The van der Waals surface area contributed by atoms with Crippen molar-refractivity contribution in [2.24, 2.45) is 4.99 Å². The van der Waals surface area contributed by atoms with E-state index in [-0.39, 0.29) is 6.09 Å². The Morgan fingerprint density at radius 3 is 2.16 bits per heavy atom. The zero-order valence-corrected chi connectivity index (χ0v) is 20.1. The molecule has 0 unspecified atom stereocenters. The predicted octanol–water partition coefficient (Wildman–Crippen LogP) is 4.07. The molecule has 0 saturated heterocycles. The molecule has 1 amide bonds. The summed E-state index contributed by atoms with van der Waals surface area (Å²) < 4.78 is 10.7. The summed E-state index contributed by atoms with van der Waals surface area (Å²) in [6.45, 7) is 7.97. The van der Waals surface area contributed by atoms with Gasteiger partial charge in [-0.25, -0.2) is 4.79 Å². The van der Waals surface area contributed by atoms with Gasteiger partial charge in [-0.1, -0.05) is 48.5 Å². The SMILES string of the molecule is CN=C(NCc1ccc(CN(C)C(=O)OC(C)(C)C)cc1)NCc1ccccc1COC. The van der Waals surface area contributed by atoms with Crippen molar-refractivity contribution in [3.8, 4) is 0 Å². The third kappa shape index (κ3) is 8.59. The van der Waals surface area contributed by atoms with E-state index >= 15 is 0 Å². The van der Waals surface area contributed by atoms with E-state index in [1.54, 1.807) is 26.1 Å². The maximum absolute atomic E-state index is 12.1. The molecule has 0 heterocycles. The summed E-state index contributed by atoms with van der Waals surface area (Å²) in [4.78, 5) is 18.0. The van der Waals surface area contributed by atoms with Crippen LogP contribution < -0.4 is 10.6 Å². The van der Waals surface area contributed by atoms with Gasteiger partial charge in [-0.2, -0.15) is 0 Å². The minimum atomic E-state index is -0.501. The van der Waals surface area contributed by atoms with E-state index in [2.05, 4.69) is 27.8 Å². The Morgan fingerprint density at radius 2 is 1.56 bits per heavy atom. The van der Waals surface area contributed by atoms with Crippen LogP contribution in [0.2, 0.25) is 0 Å². The quantitative estimate of drug-likeness (QED) is 0.478. The van der Waals surface area contributed by atoms with Crippen molar-refractivity contribution in [2.45, 2.75) is 52.6 Å². The van der Waals surface area contributed by atoms with E-state index in [9.17, 15) is 4.79 Å². The number of ether oxygens (including phenoxy) is 2. The molecule has 174 valence electrons. The van der Waals surface area contributed by atoms with Crippen LogP contribution in [0, 0.1) is 0 Å². The van der Waals surface area contributed by atoms with Crippen LogP contribution in [0.5, 0.6) is 0 Å². The summed E-state index contributed by atoms with van der Waals surface area (Å²) in [6, 6.07) is 16.3. The zero-order valence-electron chi connectivity index (χ0n) is 20.1. The average Bonchev–Trinajstić information content (AvgIpc) is 2.75. The van der Waals surface area contributed by atoms with Gasteiger partial charge in [-0.05, 0) is 43.0 Å². The number of aliphatic imine (C=N–C) groups is 1. The molecule has 0 aliphatic rings. The second-order valence-corrected chi connectivity index (χ2v) is 8.63. The van der Waals surface area contributed by atoms with Crippen LogP contribution in [-0.4, -0.2) is 43.8 Å². The Morgan fingerprint density at radius 1 is 0.969 bits per heavy atom. The van der Waals surface area contributed by atoms with Crippen molar-refractivity contribution >= 4 is 12.1 Å². The molecule has 0 aliphatic heterocycles. The number of nitrogens with zero attached hydrogens (tertiary/aromatic N) is 2. The Kier molecular flexibility index (Phi) is 9.53. The summed E-state index contributed by atoms with van der Waals surface area (Å²) in [6.07, 6.45) is -0.329. The van der Waals surface area contributed by atoms with E-state index < -0.39 is 5.60 Å². The lowest BCUT2D eigenvalue weighted by Gasteiger charge is -2.24. The highest BCUT2D eigenvalue weighted by Gasteiger charge is 2.19. The highest BCUT2D eigenvalue weighted by Crippen LogP contribution is 2.12. The maximum atomic E-state index is 12.1. The van der Waals surface area contributed by atoms with Crippen molar-refractivity contribution in [1.82, 2.24) is 15.5 Å². The molecule has 2 aromatic rings. The Hall–Kier alpha value is -3.06. The van der Waals surface area contributed by atoms with Gasteiger partial charge in [-0.15, -0.1) is 0 Å². The van der Waals surface area contributed by atoms with E-state index in [0.29, 0.717) is 26.2 Å². The van der Waals surface area contributed by atoms with Gasteiger partial charge in [0.15, 0.2) is 5.96 Å². The molecule has 7 nitrogen and oxygen atoms in total. The fraction of sp³-hybridized carbons (Fsp3) is 0.440. The molecular formula is C25H36N4O3. The second kappa shape index (κ2) is 12.1. The molecule has 32 heavy (non-hydrogen) atoms. The first-order valence-electron chi connectivity index (χ1n) is 10.7. The van der Waals surface area contributed by atoms with Gasteiger partial charge in [0, 0.05) is 40.8 Å². The van der Waals surface area contributed by atoms with E-state index in [4.69, 9.17) is 9.47 Å². The summed E-state index contributed by atoms with van der Waals surface area (Å²) in [5.74, 6) is 0.728. The predicted molar refractivity (Wildman–Crippen MR) is 128 cm³/mol. The van der Waals surface area contributed by atoms with Crippen LogP contribution in [-0.2, 0) is 35.7 Å². The van der Waals surface area contributed by atoms with Crippen molar-refractivity contribution < 1.29 is 14.3 Å². The van der Waals surface area contributed by atoms with E-state index in [1.807, 2.05) is 57.2 Å². The molecule has 0 aliphatic carbocycles. The second-order valence-electron chi connectivity index (χ2n) is 8.63. The Labute approximate surface area is 191 Å². The number of hydrogen-bond acceptors (Lipinski definition) is 4. The lowest BCUT2D eigenvalue weighted by atomic mass is 10.1. The molecule has 0 fully saturated rings.